The molecule has 0 aliphatic carbocycles. The molecular formula is C9H18Cl2O. The number of rotatable bonds is 7. The molecule has 0 aromatic carbocycles. The lowest BCUT2D eigenvalue weighted by Gasteiger charge is -2.28. The van der Waals surface area contributed by atoms with Gasteiger partial charge in [-0.25, -0.2) is 0 Å². The Labute approximate surface area is 85.4 Å². The van der Waals surface area contributed by atoms with Crippen molar-refractivity contribution in [2.75, 3.05) is 25.5 Å². The third-order valence-electron chi connectivity index (χ3n) is 2.18. The zero-order valence-corrected chi connectivity index (χ0v) is 9.42. The molecule has 0 bridgehead atoms. The number of halogens is 2. The van der Waals surface area contributed by atoms with Crippen LogP contribution in [0.5, 0.6) is 0 Å². The van der Waals surface area contributed by atoms with Gasteiger partial charge in [-0.15, -0.1) is 23.2 Å². The van der Waals surface area contributed by atoms with E-state index in [0.29, 0.717) is 11.8 Å². The highest BCUT2D eigenvalue weighted by Gasteiger charge is 2.26. The average Bonchev–Trinajstić information content (AvgIpc) is 2.13. The minimum absolute atomic E-state index is 0.0911. The van der Waals surface area contributed by atoms with E-state index in [1.54, 1.807) is 7.11 Å². The van der Waals surface area contributed by atoms with Gasteiger partial charge in [0, 0.05) is 25.5 Å². The minimum Gasteiger partial charge on any atom is -0.385 e. The van der Waals surface area contributed by atoms with Crippen molar-refractivity contribution in [3.8, 4) is 0 Å². The Morgan fingerprint density at radius 1 is 1.17 bits per heavy atom. The van der Waals surface area contributed by atoms with Gasteiger partial charge in [0.2, 0.25) is 0 Å². The fraction of sp³-hybridized carbons (Fsp3) is 1.00. The van der Waals surface area contributed by atoms with Crippen molar-refractivity contribution >= 4 is 23.2 Å². The SMILES string of the molecule is CCCC(CCl)(CCl)CCOC. The quantitative estimate of drug-likeness (QED) is 0.589. The molecule has 1 nitrogen and oxygen atoms in total. The van der Waals surface area contributed by atoms with E-state index in [9.17, 15) is 0 Å². The maximum atomic E-state index is 5.90. The van der Waals surface area contributed by atoms with Crippen LogP contribution in [0.15, 0.2) is 0 Å². The smallest absolute Gasteiger partial charge is 0.0468 e. The second-order valence-corrected chi connectivity index (χ2v) is 3.79. The third-order valence-corrected chi connectivity index (χ3v) is 3.32. The van der Waals surface area contributed by atoms with Crippen LogP contribution >= 0.6 is 23.2 Å². The third kappa shape index (κ3) is 3.97. The predicted molar refractivity (Wildman–Crippen MR) is 55.3 cm³/mol. The zero-order chi connectivity index (χ0) is 9.45. The molecule has 0 amide bonds. The molecule has 0 radical (unpaired) electrons. The molecule has 0 spiro atoms. The summed E-state index contributed by atoms with van der Waals surface area (Å²) in [5, 5.41) is 0. The lowest BCUT2D eigenvalue weighted by Crippen LogP contribution is -2.26. The molecule has 74 valence electrons. The van der Waals surface area contributed by atoms with Crippen LogP contribution < -0.4 is 0 Å². The molecule has 3 heteroatoms. The average molecular weight is 213 g/mol. The van der Waals surface area contributed by atoms with E-state index in [2.05, 4.69) is 6.92 Å². The molecule has 0 N–H and O–H groups in total. The molecule has 0 aliphatic rings. The Bertz CT molecular complexity index is 103. The van der Waals surface area contributed by atoms with Crippen LogP contribution in [0.25, 0.3) is 0 Å². The van der Waals surface area contributed by atoms with Crippen molar-refractivity contribution < 1.29 is 4.74 Å². The summed E-state index contributed by atoms with van der Waals surface area (Å²) >= 11 is 11.8. The van der Waals surface area contributed by atoms with Crippen molar-refractivity contribution in [3.63, 3.8) is 0 Å². The van der Waals surface area contributed by atoms with Crippen molar-refractivity contribution in [2.24, 2.45) is 5.41 Å². The number of hydrogen-bond donors (Lipinski definition) is 0. The van der Waals surface area contributed by atoms with Crippen molar-refractivity contribution in [2.45, 2.75) is 26.2 Å². The maximum Gasteiger partial charge on any atom is 0.0468 e. The molecule has 0 heterocycles. The highest BCUT2D eigenvalue weighted by Crippen LogP contribution is 2.31. The molecular weight excluding hydrogens is 195 g/mol. The van der Waals surface area contributed by atoms with E-state index in [1.165, 1.54) is 0 Å². The van der Waals surface area contributed by atoms with E-state index in [4.69, 9.17) is 27.9 Å². The van der Waals surface area contributed by atoms with Gasteiger partial charge < -0.3 is 4.74 Å². The number of ether oxygens (including phenoxy) is 1. The van der Waals surface area contributed by atoms with Gasteiger partial charge in [-0.2, -0.15) is 0 Å². The summed E-state index contributed by atoms with van der Waals surface area (Å²) in [6.45, 7) is 2.90. The van der Waals surface area contributed by atoms with Crippen LogP contribution in [0.4, 0.5) is 0 Å². The van der Waals surface area contributed by atoms with E-state index >= 15 is 0 Å². The second kappa shape index (κ2) is 6.99. The Morgan fingerprint density at radius 2 is 1.75 bits per heavy atom. The lowest BCUT2D eigenvalue weighted by atomic mass is 9.84. The standard InChI is InChI=1S/C9H18Cl2O/c1-3-4-9(7-10,8-11)5-6-12-2/h3-8H2,1-2H3. The van der Waals surface area contributed by atoms with Gasteiger partial charge in [-0.05, 0) is 18.3 Å². The number of methoxy groups -OCH3 is 1. The van der Waals surface area contributed by atoms with Gasteiger partial charge in [-0.3, -0.25) is 0 Å². The number of alkyl halides is 2. The van der Waals surface area contributed by atoms with E-state index in [1.807, 2.05) is 0 Å². The summed E-state index contributed by atoms with van der Waals surface area (Å²) in [6, 6.07) is 0. The van der Waals surface area contributed by atoms with Gasteiger partial charge in [0.25, 0.3) is 0 Å². The Balaban J connectivity index is 3.95. The van der Waals surface area contributed by atoms with Gasteiger partial charge in [0.1, 0.15) is 0 Å². The van der Waals surface area contributed by atoms with Crippen LogP contribution in [-0.4, -0.2) is 25.5 Å². The monoisotopic (exact) mass is 212 g/mol. The molecule has 0 aliphatic heterocycles. The molecule has 0 rings (SSSR count). The van der Waals surface area contributed by atoms with E-state index in [0.717, 1.165) is 25.9 Å². The first kappa shape index (κ1) is 12.5. The van der Waals surface area contributed by atoms with Gasteiger partial charge in [0.05, 0.1) is 0 Å². The molecule has 0 atom stereocenters. The topological polar surface area (TPSA) is 9.23 Å². The van der Waals surface area contributed by atoms with Crippen LogP contribution in [0.1, 0.15) is 26.2 Å². The first-order valence-electron chi connectivity index (χ1n) is 4.35. The summed E-state index contributed by atoms with van der Waals surface area (Å²) < 4.78 is 5.03. The minimum atomic E-state index is 0.0911. The fourth-order valence-corrected chi connectivity index (χ4v) is 2.10. The molecule has 0 unspecified atom stereocenters. The summed E-state index contributed by atoms with van der Waals surface area (Å²) in [5.74, 6) is 1.27. The van der Waals surface area contributed by atoms with E-state index < -0.39 is 0 Å². The van der Waals surface area contributed by atoms with Crippen molar-refractivity contribution in [1.82, 2.24) is 0 Å². The molecule has 0 aromatic rings. The van der Waals surface area contributed by atoms with Crippen LogP contribution in [0, 0.1) is 5.41 Å². The summed E-state index contributed by atoms with van der Waals surface area (Å²) in [7, 11) is 1.71. The summed E-state index contributed by atoms with van der Waals surface area (Å²) in [6.07, 6.45) is 3.18. The van der Waals surface area contributed by atoms with Crippen molar-refractivity contribution in [1.29, 1.82) is 0 Å². The largest absolute Gasteiger partial charge is 0.385 e. The molecule has 0 saturated heterocycles. The Kier molecular flexibility index (Phi) is 7.31. The van der Waals surface area contributed by atoms with Crippen molar-refractivity contribution in [3.05, 3.63) is 0 Å². The highest BCUT2D eigenvalue weighted by atomic mass is 35.5. The molecule has 12 heavy (non-hydrogen) atoms. The van der Waals surface area contributed by atoms with Gasteiger partial charge >= 0.3 is 0 Å². The summed E-state index contributed by atoms with van der Waals surface area (Å²) in [4.78, 5) is 0. The van der Waals surface area contributed by atoms with Gasteiger partial charge in [0.15, 0.2) is 0 Å². The first-order chi connectivity index (χ1) is 5.74. The van der Waals surface area contributed by atoms with Crippen LogP contribution in [0.3, 0.4) is 0 Å². The fourth-order valence-electron chi connectivity index (χ4n) is 1.28. The Hall–Kier alpha value is 0.540. The maximum absolute atomic E-state index is 5.90. The number of hydrogen-bond acceptors (Lipinski definition) is 1. The molecule has 0 aromatic heterocycles. The van der Waals surface area contributed by atoms with Crippen LogP contribution in [-0.2, 0) is 4.74 Å². The summed E-state index contributed by atoms with van der Waals surface area (Å²) in [5.41, 5.74) is 0.0911. The lowest BCUT2D eigenvalue weighted by molar-refractivity contribution is 0.150. The molecule has 0 saturated carbocycles. The Morgan fingerprint density at radius 3 is 2.08 bits per heavy atom. The molecule has 0 fully saturated rings. The normalized spacial score (nSPS) is 12.0. The van der Waals surface area contributed by atoms with E-state index in [-0.39, 0.29) is 5.41 Å². The second-order valence-electron chi connectivity index (χ2n) is 3.26. The van der Waals surface area contributed by atoms with Gasteiger partial charge in [-0.1, -0.05) is 13.3 Å². The first-order valence-corrected chi connectivity index (χ1v) is 5.42. The zero-order valence-electron chi connectivity index (χ0n) is 7.91. The predicted octanol–water partition coefficient (Wildman–Crippen LogP) is 3.29. The van der Waals surface area contributed by atoms with Crippen LogP contribution in [0.2, 0.25) is 0 Å². The highest BCUT2D eigenvalue weighted by molar-refractivity contribution is 6.21.